The van der Waals surface area contributed by atoms with Crippen LogP contribution >= 0.6 is 0 Å². The molecule has 2 atom stereocenters. The molecule has 47 heavy (non-hydrogen) atoms. The van der Waals surface area contributed by atoms with E-state index in [4.69, 9.17) is 0 Å². The molecule has 3 aliphatic rings. The average molecular weight is 609 g/mol. The standard InChI is InChI=1S/C45H40N2/c1-5-21-37(22-6-1)46(38-23-7-2-8-24-38)41-29-15-17-33-31-35-19-13-14-20-36-32-34-18-16-30-42(44(34)45(35,36)43(33)41)47(39-25-9-3-10-26-39)40-27-11-4-12-28-40/h1-12,15-18,21-30,35-36H,13-14,19-20,31-32H2. The number of rotatable bonds is 6. The molecule has 6 aromatic carbocycles. The van der Waals surface area contributed by atoms with E-state index in [9.17, 15) is 0 Å². The fourth-order valence-electron chi connectivity index (χ4n) is 9.57. The van der Waals surface area contributed by atoms with Gasteiger partial charge in [-0.3, -0.25) is 0 Å². The van der Waals surface area contributed by atoms with Crippen LogP contribution in [0.25, 0.3) is 0 Å². The van der Waals surface area contributed by atoms with Crippen LogP contribution in [0, 0.1) is 11.8 Å². The van der Waals surface area contributed by atoms with Crippen LogP contribution in [0.15, 0.2) is 158 Å². The van der Waals surface area contributed by atoms with E-state index >= 15 is 0 Å². The van der Waals surface area contributed by atoms with Gasteiger partial charge in [-0.1, -0.05) is 110 Å². The molecule has 2 unspecified atom stereocenters. The van der Waals surface area contributed by atoms with Crippen molar-refractivity contribution in [1.82, 2.24) is 0 Å². The summed E-state index contributed by atoms with van der Waals surface area (Å²) in [6.45, 7) is 0. The number of para-hydroxylation sites is 4. The summed E-state index contributed by atoms with van der Waals surface area (Å²) in [5.74, 6) is 1.13. The Morgan fingerprint density at radius 3 is 1.06 bits per heavy atom. The third kappa shape index (κ3) is 4.46. The molecule has 0 amide bonds. The Labute approximate surface area is 279 Å². The largest absolute Gasteiger partial charge is 0.310 e. The molecular weight excluding hydrogens is 569 g/mol. The van der Waals surface area contributed by atoms with Crippen LogP contribution in [0.2, 0.25) is 0 Å². The van der Waals surface area contributed by atoms with Crippen LogP contribution in [0.3, 0.4) is 0 Å². The van der Waals surface area contributed by atoms with Gasteiger partial charge in [0, 0.05) is 28.2 Å². The normalized spacial score (nSPS) is 20.8. The second-order valence-electron chi connectivity index (χ2n) is 13.6. The highest BCUT2D eigenvalue weighted by Crippen LogP contribution is 2.66. The third-order valence-corrected chi connectivity index (χ3v) is 11.2. The second-order valence-corrected chi connectivity index (χ2v) is 13.6. The zero-order valence-electron chi connectivity index (χ0n) is 26.8. The minimum atomic E-state index is -0.0715. The van der Waals surface area contributed by atoms with Gasteiger partial charge in [0.05, 0.1) is 11.4 Å². The maximum atomic E-state index is 2.53. The lowest BCUT2D eigenvalue weighted by atomic mass is 9.63. The third-order valence-electron chi connectivity index (χ3n) is 11.2. The van der Waals surface area contributed by atoms with Crippen LogP contribution in [0.4, 0.5) is 34.1 Å². The van der Waals surface area contributed by atoms with Crippen molar-refractivity contribution >= 4 is 34.1 Å². The smallest absolute Gasteiger partial charge is 0.0505 e. The quantitative estimate of drug-likeness (QED) is 0.186. The van der Waals surface area contributed by atoms with Gasteiger partial charge in [0.15, 0.2) is 0 Å². The molecule has 0 bridgehead atoms. The summed E-state index contributed by atoms with van der Waals surface area (Å²) in [5, 5.41) is 0. The van der Waals surface area contributed by atoms with E-state index < -0.39 is 0 Å². The minimum absolute atomic E-state index is 0.0715. The molecule has 0 saturated heterocycles. The Hall–Kier alpha value is -5.08. The van der Waals surface area contributed by atoms with Crippen LogP contribution in [-0.4, -0.2) is 0 Å². The molecule has 2 nitrogen and oxygen atoms in total. The van der Waals surface area contributed by atoms with Crippen molar-refractivity contribution in [2.45, 2.75) is 43.9 Å². The molecule has 230 valence electrons. The maximum Gasteiger partial charge on any atom is 0.0505 e. The summed E-state index contributed by atoms with van der Waals surface area (Å²) >= 11 is 0. The molecular formula is C45H40N2. The average Bonchev–Trinajstić information content (AvgIpc) is 3.59. The Bertz CT molecular complexity index is 1770. The number of benzene rings is 6. The molecule has 0 aliphatic heterocycles. The lowest BCUT2D eigenvalue weighted by Gasteiger charge is -2.43. The Morgan fingerprint density at radius 2 is 0.723 bits per heavy atom. The first-order valence-corrected chi connectivity index (χ1v) is 17.4. The predicted molar refractivity (Wildman–Crippen MR) is 196 cm³/mol. The Kier molecular flexibility index (Phi) is 6.96. The first-order chi connectivity index (χ1) is 23.3. The van der Waals surface area contributed by atoms with Gasteiger partial charge in [0.1, 0.15) is 0 Å². The topological polar surface area (TPSA) is 6.48 Å². The van der Waals surface area contributed by atoms with E-state index in [2.05, 4.69) is 168 Å². The molecule has 0 radical (unpaired) electrons. The highest BCUT2D eigenvalue weighted by atomic mass is 15.2. The summed E-state index contributed by atoms with van der Waals surface area (Å²) in [4.78, 5) is 5.06. The van der Waals surface area contributed by atoms with E-state index in [1.165, 1.54) is 70.9 Å². The molecule has 6 aromatic rings. The number of nitrogens with zero attached hydrogens (tertiary/aromatic N) is 2. The van der Waals surface area contributed by atoms with E-state index in [0.29, 0.717) is 11.8 Å². The van der Waals surface area contributed by atoms with E-state index in [1.807, 2.05) is 0 Å². The number of anilines is 6. The molecule has 0 aromatic heterocycles. The lowest BCUT2D eigenvalue weighted by Crippen LogP contribution is -2.39. The molecule has 0 heterocycles. The molecule has 0 N–H and O–H groups in total. The van der Waals surface area contributed by atoms with Crippen molar-refractivity contribution in [3.63, 3.8) is 0 Å². The van der Waals surface area contributed by atoms with Gasteiger partial charge in [-0.15, -0.1) is 0 Å². The van der Waals surface area contributed by atoms with Crippen LogP contribution in [-0.2, 0) is 18.3 Å². The molecule has 9 rings (SSSR count). The fourth-order valence-corrected chi connectivity index (χ4v) is 9.57. The maximum absolute atomic E-state index is 2.53. The monoisotopic (exact) mass is 608 g/mol. The lowest BCUT2D eigenvalue weighted by molar-refractivity contribution is 0.258. The number of hydrogen-bond donors (Lipinski definition) is 0. The summed E-state index contributed by atoms with van der Waals surface area (Å²) in [7, 11) is 0. The van der Waals surface area contributed by atoms with Crippen molar-refractivity contribution in [3.05, 3.63) is 180 Å². The summed E-state index contributed by atoms with van der Waals surface area (Å²) < 4.78 is 0. The van der Waals surface area contributed by atoms with Crippen molar-refractivity contribution in [1.29, 1.82) is 0 Å². The predicted octanol–water partition coefficient (Wildman–Crippen LogP) is 11.8. The van der Waals surface area contributed by atoms with Gasteiger partial charge < -0.3 is 9.80 Å². The van der Waals surface area contributed by atoms with E-state index in [1.54, 1.807) is 11.1 Å². The SMILES string of the molecule is c1ccc(N(c2ccccc2)c2cccc3c2C24c5c(cccc5N(c5ccccc5)c5ccccc5)CC2CCCCC4C3)cc1. The zero-order chi connectivity index (χ0) is 31.2. The molecule has 3 aliphatic carbocycles. The van der Waals surface area contributed by atoms with Gasteiger partial charge in [0.2, 0.25) is 0 Å². The van der Waals surface area contributed by atoms with E-state index in [-0.39, 0.29) is 5.41 Å². The summed E-state index contributed by atoms with van der Waals surface area (Å²) in [6.07, 6.45) is 7.44. The van der Waals surface area contributed by atoms with Gasteiger partial charge in [0.25, 0.3) is 0 Å². The van der Waals surface area contributed by atoms with Gasteiger partial charge in [-0.2, -0.15) is 0 Å². The second kappa shape index (κ2) is 11.6. The van der Waals surface area contributed by atoms with Crippen molar-refractivity contribution in [3.8, 4) is 0 Å². The van der Waals surface area contributed by atoms with Crippen molar-refractivity contribution < 1.29 is 0 Å². The molecule has 1 saturated carbocycles. The first-order valence-electron chi connectivity index (χ1n) is 17.4. The fraction of sp³-hybridized carbons (Fsp3) is 0.200. The van der Waals surface area contributed by atoms with Crippen LogP contribution in [0.5, 0.6) is 0 Å². The van der Waals surface area contributed by atoms with Crippen LogP contribution in [0.1, 0.15) is 47.9 Å². The first kappa shape index (κ1) is 28.2. The minimum Gasteiger partial charge on any atom is -0.310 e. The zero-order valence-corrected chi connectivity index (χ0v) is 26.8. The molecule has 1 spiro atoms. The van der Waals surface area contributed by atoms with Gasteiger partial charge in [-0.25, -0.2) is 0 Å². The van der Waals surface area contributed by atoms with Gasteiger partial charge in [-0.05, 0) is 120 Å². The Balaban J connectivity index is 1.35. The van der Waals surface area contributed by atoms with Crippen molar-refractivity contribution in [2.24, 2.45) is 11.8 Å². The summed E-state index contributed by atoms with van der Waals surface area (Å²) in [5.41, 5.74) is 13.6. The summed E-state index contributed by atoms with van der Waals surface area (Å²) in [6, 6.07) is 58.3. The number of fused-ring (bicyclic) bond motifs is 2. The molecule has 1 fully saturated rings. The molecule has 2 heteroatoms. The Morgan fingerprint density at radius 1 is 0.383 bits per heavy atom. The highest BCUT2D eigenvalue weighted by molar-refractivity contribution is 5.86. The highest BCUT2D eigenvalue weighted by Gasteiger charge is 2.59. The van der Waals surface area contributed by atoms with E-state index in [0.717, 1.165) is 12.8 Å². The van der Waals surface area contributed by atoms with Crippen molar-refractivity contribution in [2.75, 3.05) is 9.80 Å². The van der Waals surface area contributed by atoms with Gasteiger partial charge >= 0.3 is 0 Å². The van der Waals surface area contributed by atoms with Crippen LogP contribution < -0.4 is 9.80 Å². The number of hydrogen-bond acceptors (Lipinski definition) is 2.